The van der Waals surface area contributed by atoms with Crippen molar-refractivity contribution in [3.8, 4) is 0 Å². The fraction of sp³-hybridized carbons (Fsp3) is 0.800. The SMILES string of the molecule is CNC(=O)C1(C)CCN(C(=O)CCN)C1. The Morgan fingerprint density at radius 1 is 1.53 bits per heavy atom. The van der Waals surface area contributed by atoms with Gasteiger partial charge in [0.1, 0.15) is 0 Å². The van der Waals surface area contributed by atoms with Gasteiger partial charge in [0.25, 0.3) is 0 Å². The van der Waals surface area contributed by atoms with E-state index in [1.165, 1.54) is 0 Å². The molecule has 0 bridgehead atoms. The molecule has 0 spiro atoms. The van der Waals surface area contributed by atoms with Crippen LogP contribution in [0.5, 0.6) is 0 Å². The second-order valence-corrected chi connectivity index (χ2v) is 4.24. The molecule has 5 nitrogen and oxygen atoms in total. The average Bonchev–Trinajstić information content (AvgIpc) is 2.61. The summed E-state index contributed by atoms with van der Waals surface area (Å²) in [6, 6.07) is 0. The van der Waals surface area contributed by atoms with Gasteiger partial charge in [-0.25, -0.2) is 0 Å². The summed E-state index contributed by atoms with van der Waals surface area (Å²) in [5, 5.41) is 2.64. The standard InChI is InChI=1S/C10H19N3O2/c1-10(9(15)12-2)4-6-13(7-10)8(14)3-5-11/h3-7,11H2,1-2H3,(H,12,15). The van der Waals surface area contributed by atoms with Gasteiger partial charge in [-0.1, -0.05) is 0 Å². The van der Waals surface area contributed by atoms with Crippen molar-refractivity contribution in [3.05, 3.63) is 0 Å². The van der Waals surface area contributed by atoms with E-state index in [9.17, 15) is 9.59 Å². The van der Waals surface area contributed by atoms with Crippen LogP contribution in [-0.4, -0.2) is 43.4 Å². The van der Waals surface area contributed by atoms with Crippen molar-refractivity contribution in [2.24, 2.45) is 11.1 Å². The molecule has 1 aliphatic heterocycles. The molecular formula is C10H19N3O2. The quantitative estimate of drug-likeness (QED) is 0.652. The van der Waals surface area contributed by atoms with Crippen molar-refractivity contribution in [1.82, 2.24) is 10.2 Å². The molecule has 1 heterocycles. The Kier molecular flexibility index (Phi) is 3.68. The first-order chi connectivity index (χ1) is 7.03. The minimum atomic E-state index is -0.432. The third-order valence-electron chi connectivity index (χ3n) is 2.96. The van der Waals surface area contributed by atoms with Gasteiger partial charge < -0.3 is 16.0 Å². The van der Waals surface area contributed by atoms with Crippen molar-refractivity contribution in [1.29, 1.82) is 0 Å². The van der Waals surface area contributed by atoms with Crippen molar-refractivity contribution >= 4 is 11.8 Å². The van der Waals surface area contributed by atoms with Crippen molar-refractivity contribution in [2.45, 2.75) is 19.8 Å². The lowest BCUT2D eigenvalue weighted by Gasteiger charge is -2.22. The highest BCUT2D eigenvalue weighted by Gasteiger charge is 2.41. The van der Waals surface area contributed by atoms with E-state index in [0.717, 1.165) is 6.42 Å². The van der Waals surface area contributed by atoms with Gasteiger partial charge in [0, 0.05) is 33.1 Å². The van der Waals surface area contributed by atoms with Gasteiger partial charge >= 0.3 is 0 Å². The number of rotatable bonds is 3. The number of likely N-dealkylation sites (tertiary alicyclic amines) is 1. The van der Waals surface area contributed by atoms with E-state index in [2.05, 4.69) is 5.32 Å². The number of hydrogen-bond acceptors (Lipinski definition) is 3. The molecule has 15 heavy (non-hydrogen) atoms. The molecule has 0 aromatic heterocycles. The highest BCUT2D eigenvalue weighted by atomic mass is 16.2. The molecule has 0 aromatic rings. The van der Waals surface area contributed by atoms with Crippen LogP contribution in [0.25, 0.3) is 0 Å². The molecule has 1 fully saturated rings. The van der Waals surface area contributed by atoms with Gasteiger partial charge in [-0.2, -0.15) is 0 Å². The van der Waals surface area contributed by atoms with Crippen LogP contribution in [0.15, 0.2) is 0 Å². The Labute approximate surface area is 90.0 Å². The summed E-state index contributed by atoms with van der Waals surface area (Å²) in [6.45, 7) is 3.42. The summed E-state index contributed by atoms with van der Waals surface area (Å²) in [5.41, 5.74) is 4.89. The Morgan fingerprint density at radius 3 is 2.73 bits per heavy atom. The molecule has 1 aliphatic rings. The van der Waals surface area contributed by atoms with Crippen LogP contribution >= 0.6 is 0 Å². The van der Waals surface area contributed by atoms with Crippen LogP contribution in [0.1, 0.15) is 19.8 Å². The molecule has 0 saturated carbocycles. The zero-order valence-corrected chi connectivity index (χ0v) is 9.38. The third kappa shape index (κ3) is 2.47. The lowest BCUT2D eigenvalue weighted by molar-refractivity contribution is -0.132. The number of nitrogens with one attached hydrogen (secondary N) is 1. The van der Waals surface area contributed by atoms with E-state index in [-0.39, 0.29) is 11.8 Å². The van der Waals surface area contributed by atoms with E-state index in [4.69, 9.17) is 5.73 Å². The molecule has 5 heteroatoms. The van der Waals surface area contributed by atoms with Crippen LogP contribution in [0, 0.1) is 5.41 Å². The van der Waals surface area contributed by atoms with Crippen molar-refractivity contribution < 1.29 is 9.59 Å². The molecule has 1 rings (SSSR count). The largest absolute Gasteiger partial charge is 0.359 e. The predicted molar refractivity (Wildman–Crippen MR) is 57.0 cm³/mol. The van der Waals surface area contributed by atoms with Crippen LogP contribution in [0.2, 0.25) is 0 Å². The fourth-order valence-electron chi connectivity index (χ4n) is 1.94. The summed E-state index contributed by atoms with van der Waals surface area (Å²) in [6.07, 6.45) is 1.09. The zero-order chi connectivity index (χ0) is 11.5. The van der Waals surface area contributed by atoms with Gasteiger partial charge in [0.05, 0.1) is 5.41 Å². The molecule has 2 amide bonds. The second-order valence-electron chi connectivity index (χ2n) is 4.24. The number of hydrogen-bond donors (Lipinski definition) is 2. The number of carbonyl (C=O) groups excluding carboxylic acids is 2. The Morgan fingerprint density at radius 2 is 2.20 bits per heavy atom. The highest BCUT2D eigenvalue weighted by Crippen LogP contribution is 2.30. The molecule has 0 aliphatic carbocycles. The smallest absolute Gasteiger partial charge is 0.227 e. The molecule has 0 radical (unpaired) electrons. The van der Waals surface area contributed by atoms with E-state index in [1.807, 2.05) is 6.92 Å². The Hall–Kier alpha value is -1.10. The summed E-state index contributed by atoms with van der Waals surface area (Å²) >= 11 is 0. The molecule has 1 atom stereocenters. The van der Waals surface area contributed by atoms with Crippen LogP contribution < -0.4 is 11.1 Å². The molecule has 86 valence electrons. The van der Waals surface area contributed by atoms with E-state index >= 15 is 0 Å². The maximum Gasteiger partial charge on any atom is 0.227 e. The molecule has 1 saturated heterocycles. The number of carbonyl (C=O) groups is 2. The third-order valence-corrected chi connectivity index (χ3v) is 2.96. The van der Waals surface area contributed by atoms with Gasteiger partial charge in [0.15, 0.2) is 0 Å². The molecular weight excluding hydrogens is 194 g/mol. The van der Waals surface area contributed by atoms with Crippen molar-refractivity contribution in [2.75, 3.05) is 26.7 Å². The molecule has 1 unspecified atom stereocenters. The summed E-state index contributed by atoms with van der Waals surface area (Å²) < 4.78 is 0. The second kappa shape index (κ2) is 4.61. The highest BCUT2D eigenvalue weighted by molar-refractivity contribution is 5.84. The lowest BCUT2D eigenvalue weighted by Crippen LogP contribution is -2.40. The van der Waals surface area contributed by atoms with Crippen molar-refractivity contribution in [3.63, 3.8) is 0 Å². The maximum absolute atomic E-state index is 11.6. The minimum absolute atomic E-state index is 0.00514. The molecule has 0 aromatic carbocycles. The minimum Gasteiger partial charge on any atom is -0.359 e. The van der Waals surface area contributed by atoms with Gasteiger partial charge in [-0.05, 0) is 13.3 Å². The van der Waals surface area contributed by atoms with Crippen LogP contribution in [0.3, 0.4) is 0 Å². The monoisotopic (exact) mass is 213 g/mol. The van der Waals surface area contributed by atoms with E-state index in [1.54, 1.807) is 11.9 Å². The predicted octanol–water partition coefficient (Wildman–Crippen LogP) is -0.680. The number of nitrogens with zero attached hydrogens (tertiary/aromatic N) is 1. The van der Waals surface area contributed by atoms with Gasteiger partial charge in [-0.3, -0.25) is 9.59 Å². The first kappa shape index (κ1) is 12.0. The van der Waals surface area contributed by atoms with Gasteiger partial charge in [-0.15, -0.1) is 0 Å². The Bertz CT molecular complexity index is 267. The topological polar surface area (TPSA) is 75.4 Å². The summed E-state index contributed by atoms with van der Waals surface area (Å²) in [7, 11) is 1.62. The first-order valence-electron chi connectivity index (χ1n) is 5.23. The lowest BCUT2D eigenvalue weighted by atomic mass is 9.89. The summed E-state index contributed by atoms with van der Waals surface area (Å²) in [4.78, 5) is 24.9. The fourth-order valence-corrected chi connectivity index (χ4v) is 1.94. The van der Waals surface area contributed by atoms with Crippen LogP contribution in [-0.2, 0) is 9.59 Å². The first-order valence-corrected chi connectivity index (χ1v) is 5.23. The molecule has 3 N–H and O–H groups in total. The normalized spacial score (nSPS) is 25.4. The number of amides is 2. The summed E-state index contributed by atoms with van der Waals surface area (Å²) in [5.74, 6) is 0.0516. The average molecular weight is 213 g/mol. The maximum atomic E-state index is 11.6. The number of nitrogens with two attached hydrogens (primary N) is 1. The van der Waals surface area contributed by atoms with E-state index < -0.39 is 5.41 Å². The van der Waals surface area contributed by atoms with E-state index in [0.29, 0.717) is 26.1 Å². The zero-order valence-electron chi connectivity index (χ0n) is 9.38. The van der Waals surface area contributed by atoms with Crippen LogP contribution in [0.4, 0.5) is 0 Å². The Balaban J connectivity index is 2.58. The van der Waals surface area contributed by atoms with Gasteiger partial charge in [0.2, 0.25) is 11.8 Å².